The topological polar surface area (TPSA) is 98.2 Å². The summed E-state index contributed by atoms with van der Waals surface area (Å²) in [6, 6.07) is -0.340. The number of piperidine rings is 1. The van der Waals surface area contributed by atoms with Crippen molar-refractivity contribution in [2.75, 3.05) is 0 Å². The van der Waals surface area contributed by atoms with Gasteiger partial charge in [-0.1, -0.05) is 0 Å². The Morgan fingerprint density at radius 1 is 1.69 bits per heavy atom. The minimum Gasteiger partial charge on any atom is -0.368 e. The Labute approximate surface area is 75.8 Å². The van der Waals surface area contributed by atoms with E-state index in [1.165, 1.54) is 0 Å². The number of hydrogen-bond acceptors (Lipinski definition) is 3. The summed E-state index contributed by atoms with van der Waals surface area (Å²) in [7, 11) is 0. The number of carbonyl (C=O) groups excluding carboxylic acids is 2. The average Bonchev–Trinajstić information content (AvgIpc) is 2.72. The van der Waals surface area contributed by atoms with Crippen LogP contribution in [0.25, 0.3) is 0 Å². The Morgan fingerprint density at radius 3 is 2.85 bits per heavy atom. The van der Waals surface area contributed by atoms with Crippen LogP contribution in [0.3, 0.4) is 0 Å². The molecule has 0 aromatic rings. The molecule has 5 N–H and O–H groups in total. The number of hydrogen-bond donors (Lipinski definition) is 3. The van der Waals surface area contributed by atoms with Gasteiger partial charge in [0.15, 0.2) is 0 Å². The molecule has 1 saturated heterocycles. The molecule has 2 amide bonds. The van der Waals surface area contributed by atoms with Crippen molar-refractivity contribution in [1.82, 2.24) is 5.32 Å². The number of fused-ring (bicyclic) bond motifs is 1. The van der Waals surface area contributed by atoms with Crippen LogP contribution in [0.2, 0.25) is 0 Å². The first-order valence-electron chi connectivity index (χ1n) is 4.45. The minimum absolute atomic E-state index is 0.0259. The molecule has 2 rings (SSSR count). The average molecular weight is 183 g/mol. The van der Waals surface area contributed by atoms with Gasteiger partial charge in [0.1, 0.15) is 0 Å². The second-order valence-corrected chi connectivity index (χ2v) is 3.87. The molecule has 13 heavy (non-hydrogen) atoms. The minimum atomic E-state index is -0.685. The lowest BCUT2D eigenvalue weighted by Crippen LogP contribution is -2.40. The number of nitrogens with two attached hydrogens (primary N) is 2. The first kappa shape index (κ1) is 8.50. The lowest BCUT2D eigenvalue weighted by atomic mass is 9.96. The highest BCUT2D eigenvalue weighted by molar-refractivity contribution is 5.85. The van der Waals surface area contributed by atoms with Gasteiger partial charge in [0.2, 0.25) is 11.8 Å². The largest absolute Gasteiger partial charge is 0.368 e. The molecule has 1 saturated carbocycles. The van der Waals surface area contributed by atoms with E-state index < -0.39 is 11.9 Å². The molecular weight excluding hydrogens is 170 g/mol. The van der Waals surface area contributed by atoms with Crippen molar-refractivity contribution in [2.24, 2.45) is 23.3 Å². The van der Waals surface area contributed by atoms with Crippen LogP contribution >= 0.6 is 0 Å². The van der Waals surface area contributed by atoms with E-state index in [-0.39, 0.29) is 11.8 Å². The van der Waals surface area contributed by atoms with Crippen molar-refractivity contribution in [3.8, 4) is 0 Å². The van der Waals surface area contributed by atoms with Gasteiger partial charge in [-0.2, -0.15) is 0 Å². The summed E-state index contributed by atoms with van der Waals surface area (Å²) in [6.45, 7) is 0. The second-order valence-electron chi connectivity index (χ2n) is 3.87. The van der Waals surface area contributed by atoms with Crippen LogP contribution in [-0.4, -0.2) is 23.9 Å². The third-order valence-corrected chi connectivity index (χ3v) is 2.89. The summed E-state index contributed by atoms with van der Waals surface area (Å²) in [5, 5.41) is 2.84. The molecule has 0 bridgehead atoms. The van der Waals surface area contributed by atoms with Crippen LogP contribution in [0.4, 0.5) is 0 Å². The van der Waals surface area contributed by atoms with Gasteiger partial charge in [-0.3, -0.25) is 9.59 Å². The lowest BCUT2D eigenvalue weighted by Gasteiger charge is -2.13. The fraction of sp³-hybridized carbons (Fsp3) is 0.750. The molecule has 0 unspecified atom stereocenters. The highest BCUT2D eigenvalue weighted by Crippen LogP contribution is 2.44. The molecule has 4 atom stereocenters. The van der Waals surface area contributed by atoms with Gasteiger partial charge in [0.05, 0.1) is 6.04 Å². The van der Waals surface area contributed by atoms with Crippen molar-refractivity contribution >= 4 is 11.8 Å². The summed E-state index contributed by atoms with van der Waals surface area (Å²) < 4.78 is 0. The van der Waals surface area contributed by atoms with Crippen molar-refractivity contribution in [2.45, 2.75) is 24.9 Å². The molecule has 2 aliphatic rings. The van der Waals surface area contributed by atoms with E-state index in [0.29, 0.717) is 18.4 Å². The van der Waals surface area contributed by atoms with E-state index >= 15 is 0 Å². The molecule has 72 valence electrons. The van der Waals surface area contributed by atoms with E-state index in [4.69, 9.17) is 11.5 Å². The highest BCUT2D eigenvalue weighted by atomic mass is 16.2. The fourth-order valence-corrected chi connectivity index (χ4v) is 1.98. The molecule has 0 radical (unpaired) electrons. The van der Waals surface area contributed by atoms with Crippen LogP contribution in [0, 0.1) is 11.8 Å². The summed E-state index contributed by atoms with van der Waals surface area (Å²) >= 11 is 0. The molecule has 5 nitrogen and oxygen atoms in total. The molecular formula is C8H13N3O2. The summed E-state index contributed by atoms with van der Waals surface area (Å²) in [4.78, 5) is 21.9. The highest BCUT2D eigenvalue weighted by Gasteiger charge is 2.53. The molecule has 0 aromatic heterocycles. The second kappa shape index (κ2) is 2.70. The maximum Gasteiger partial charge on any atom is 0.234 e. The van der Waals surface area contributed by atoms with Gasteiger partial charge in [-0.25, -0.2) is 0 Å². The van der Waals surface area contributed by atoms with Crippen LogP contribution < -0.4 is 16.8 Å². The molecule has 1 aliphatic carbocycles. The van der Waals surface area contributed by atoms with Crippen molar-refractivity contribution < 1.29 is 9.59 Å². The summed E-state index contributed by atoms with van der Waals surface area (Å²) in [6.07, 6.45) is 1.42. The van der Waals surface area contributed by atoms with Gasteiger partial charge in [-0.15, -0.1) is 0 Å². The molecule has 1 aliphatic heterocycles. The van der Waals surface area contributed by atoms with Crippen LogP contribution in [-0.2, 0) is 9.59 Å². The smallest absolute Gasteiger partial charge is 0.234 e. The Kier molecular flexibility index (Phi) is 1.76. The number of carbonyl (C=O) groups is 2. The van der Waals surface area contributed by atoms with Crippen molar-refractivity contribution in [3.05, 3.63) is 0 Å². The van der Waals surface area contributed by atoms with E-state index in [9.17, 15) is 9.59 Å². The Balaban J connectivity index is 1.94. The molecule has 5 heteroatoms. The first-order valence-corrected chi connectivity index (χ1v) is 4.45. The molecule has 2 fully saturated rings. The van der Waals surface area contributed by atoms with Gasteiger partial charge in [0.25, 0.3) is 0 Å². The first-order chi connectivity index (χ1) is 6.09. The van der Waals surface area contributed by atoms with Crippen molar-refractivity contribution in [1.29, 1.82) is 0 Å². The third-order valence-electron chi connectivity index (χ3n) is 2.89. The predicted molar refractivity (Wildman–Crippen MR) is 45.3 cm³/mol. The zero-order valence-electron chi connectivity index (χ0n) is 7.19. The van der Waals surface area contributed by atoms with E-state index in [1.807, 2.05) is 0 Å². The number of nitrogens with one attached hydrogen (secondary N) is 1. The van der Waals surface area contributed by atoms with Gasteiger partial charge in [0, 0.05) is 12.0 Å². The maximum atomic E-state index is 11.3. The third kappa shape index (κ3) is 1.39. The van der Waals surface area contributed by atoms with E-state index in [0.717, 1.165) is 6.42 Å². The monoisotopic (exact) mass is 183 g/mol. The zero-order chi connectivity index (χ0) is 9.59. The fourth-order valence-electron chi connectivity index (χ4n) is 1.98. The van der Waals surface area contributed by atoms with E-state index in [2.05, 4.69) is 5.32 Å². The van der Waals surface area contributed by atoms with Gasteiger partial charge < -0.3 is 16.8 Å². The standard InChI is InChI=1S/C8H13N3O2/c9-5(7(10)12)1-4-3-2-6(3)11-8(4)13/h3-6H,1-2,9H2,(H2,10,12)(H,11,13)/t3-,4-,5+,6-/m1/s1. The normalized spacial score (nSPS) is 37.9. The van der Waals surface area contributed by atoms with E-state index in [1.54, 1.807) is 0 Å². The Bertz CT molecular complexity index is 266. The predicted octanol–water partition coefficient (Wildman–Crippen LogP) is -1.68. The van der Waals surface area contributed by atoms with Gasteiger partial charge >= 0.3 is 0 Å². The lowest BCUT2D eigenvalue weighted by molar-refractivity contribution is -0.124. The maximum absolute atomic E-state index is 11.3. The number of rotatable bonds is 3. The zero-order valence-corrected chi connectivity index (χ0v) is 7.19. The molecule has 0 spiro atoms. The quantitative estimate of drug-likeness (QED) is 0.487. The molecule has 1 heterocycles. The Morgan fingerprint density at radius 2 is 2.38 bits per heavy atom. The molecule has 0 aromatic carbocycles. The SMILES string of the molecule is NC(=O)[C@@H](N)C[C@H]1C(=O)N[C@@H]2C[C@@H]21. The number of amides is 2. The summed E-state index contributed by atoms with van der Waals surface area (Å²) in [5.74, 6) is -0.194. The van der Waals surface area contributed by atoms with Crippen LogP contribution in [0.1, 0.15) is 12.8 Å². The van der Waals surface area contributed by atoms with Gasteiger partial charge in [-0.05, 0) is 18.8 Å². The van der Waals surface area contributed by atoms with Crippen LogP contribution in [0.15, 0.2) is 0 Å². The summed E-state index contributed by atoms with van der Waals surface area (Å²) in [5.41, 5.74) is 10.5. The number of primary amides is 1. The van der Waals surface area contributed by atoms with Crippen molar-refractivity contribution in [3.63, 3.8) is 0 Å². The van der Waals surface area contributed by atoms with Crippen LogP contribution in [0.5, 0.6) is 0 Å². The Hall–Kier alpha value is -1.10.